The summed E-state index contributed by atoms with van der Waals surface area (Å²) in [5.41, 5.74) is 6.47. The van der Waals surface area contributed by atoms with E-state index in [1.165, 1.54) is 22.9 Å². The molecular formula is C16H20N8O. The monoisotopic (exact) mass is 340 g/mol. The summed E-state index contributed by atoms with van der Waals surface area (Å²) in [6, 6.07) is 3.74. The minimum absolute atomic E-state index is 0.0265. The maximum atomic E-state index is 12.3. The van der Waals surface area contributed by atoms with Crippen molar-refractivity contribution in [2.45, 2.75) is 0 Å². The lowest BCUT2D eigenvalue weighted by Gasteiger charge is -2.33. The number of amidine groups is 1. The van der Waals surface area contributed by atoms with E-state index >= 15 is 0 Å². The predicted molar refractivity (Wildman–Crippen MR) is 96.6 cm³/mol. The summed E-state index contributed by atoms with van der Waals surface area (Å²) in [5.74, 6) is 0.301. The number of nitrogens with one attached hydrogen (secondary N) is 1. The zero-order chi connectivity index (χ0) is 17.8. The van der Waals surface area contributed by atoms with Gasteiger partial charge in [0.2, 0.25) is 0 Å². The number of nitrogens with two attached hydrogens (primary N) is 1. The number of anilines is 1. The largest absolute Gasteiger partial charge is 0.384 e. The van der Waals surface area contributed by atoms with Gasteiger partial charge in [-0.3, -0.25) is 4.79 Å². The lowest BCUT2D eigenvalue weighted by molar-refractivity contribution is 0.0996. The molecule has 9 heteroatoms. The van der Waals surface area contributed by atoms with Gasteiger partial charge in [-0.2, -0.15) is 4.99 Å². The summed E-state index contributed by atoms with van der Waals surface area (Å²) in [7, 11) is 2.09. The molecule has 0 spiro atoms. The molecule has 2 aromatic rings. The third kappa shape index (κ3) is 3.72. The normalized spacial score (nSPS) is 16.7. The van der Waals surface area contributed by atoms with Crippen molar-refractivity contribution in [1.82, 2.24) is 19.5 Å². The number of carbonyl (C=O) groups is 1. The molecule has 1 aliphatic rings. The standard InChI is InChI=1S/C16H20N8O/c1-22-7-9-23(10-8-22)15-5-4-14-19-11-12(24(14)21-15)16(25)20-13(18)3-2-6-17/h2-6,11,17H,7-10H2,1H3,(H2,18,20,25)/b3-2-,17-6?. The molecule has 3 rings (SSSR count). The number of carbonyl (C=O) groups excluding carboxylic acids is 1. The fourth-order valence-electron chi connectivity index (χ4n) is 2.57. The summed E-state index contributed by atoms with van der Waals surface area (Å²) >= 11 is 0. The molecule has 1 fully saturated rings. The highest BCUT2D eigenvalue weighted by molar-refractivity contribution is 6.06. The van der Waals surface area contributed by atoms with Crippen LogP contribution in [0.4, 0.5) is 5.82 Å². The topological polar surface area (TPSA) is 116 Å². The molecule has 0 bridgehead atoms. The Morgan fingerprint density at radius 3 is 2.80 bits per heavy atom. The van der Waals surface area contributed by atoms with Crippen molar-refractivity contribution in [1.29, 1.82) is 5.41 Å². The molecular weight excluding hydrogens is 320 g/mol. The molecule has 0 radical (unpaired) electrons. The third-order valence-corrected chi connectivity index (χ3v) is 3.99. The Morgan fingerprint density at radius 1 is 1.32 bits per heavy atom. The average Bonchev–Trinajstić information content (AvgIpc) is 3.04. The first-order chi connectivity index (χ1) is 12.1. The van der Waals surface area contributed by atoms with Gasteiger partial charge in [0.25, 0.3) is 5.91 Å². The van der Waals surface area contributed by atoms with Gasteiger partial charge in [-0.1, -0.05) is 0 Å². The Hall–Kier alpha value is -3.07. The highest BCUT2D eigenvalue weighted by Gasteiger charge is 2.18. The number of hydrogen-bond donors (Lipinski definition) is 2. The van der Waals surface area contributed by atoms with Crippen LogP contribution < -0.4 is 10.6 Å². The number of fused-ring (bicyclic) bond motifs is 1. The number of amides is 1. The van der Waals surface area contributed by atoms with Gasteiger partial charge >= 0.3 is 0 Å². The summed E-state index contributed by atoms with van der Waals surface area (Å²) in [4.78, 5) is 24.8. The van der Waals surface area contributed by atoms with Crippen LogP contribution in [0.2, 0.25) is 0 Å². The molecule has 1 amide bonds. The Balaban J connectivity index is 1.89. The van der Waals surface area contributed by atoms with Gasteiger partial charge in [0, 0.05) is 32.4 Å². The number of aliphatic imine (C=N–C) groups is 1. The zero-order valence-electron chi connectivity index (χ0n) is 14.0. The first kappa shape index (κ1) is 16.8. The van der Waals surface area contributed by atoms with Crippen molar-refractivity contribution in [3.8, 4) is 0 Å². The number of aromatic nitrogens is 3. The van der Waals surface area contributed by atoms with Gasteiger partial charge in [-0.15, -0.1) is 5.10 Å². The molecule has 0 unspecified atom stereocenters. The number of piperazine rings is 1. The van der Waals surface area contributed by atoms with E-state index < -0.39 is 5.91 Å². The second-order valence-corrected chi connectivity index (χ2v) is 5.76. The molecule has 1 aliphatic heterocycles. The van der Waals surface area contributed by atoms with Crippen molar-refractivity contribution in [2.75, 3.05) is 38.1 Å². The third-order valence-electron chi connectivity index (χ3n) is 3.99. The molecule has 0 aliphatic carbocycles. The molecule has 9 nitrogen and oxygen atoms in total. The SMILES string of the molecule is CN1CCN(c2ccc3ncc(C(=O)N=C(N)/C=C\C=N)n3n2)CC1. The van der Waals surface area contributed by atoms with Crippen molar-refractivity contribution in [3.63, 3.8) is 0 Å². The molecule has 3 N–H and O–H groups in total. The van der Waals surface area contributed by atoms with Crippen LogP contribution in [0.1, 0.15) is 10.5 Å². The van der Waals surface area contributed by atoms with Gasteiger partial charge in [-0.25, -0.2) is 9.50 Å². The number of imidazole rings is 1. The molecule has 0 atom stereocenters. The quantitative estimate of drug-likeness (QED) is 0.606. The second kappa shape index (κ2) is 7.22. The first-order valence-corrected chi connectivity index (χ1v) is 7.92. The molecule has 2 aromatic heterocycles. The molecule has 1 saturated heterocycles. The van der Waals surface area contributed by atoms with E-state index in [1.807, 2.05) is 12.1 Å². The van der Waals surface area contributed by atoms with Crippen LogP contribution in [0.5, 0.6) is 0 Å². The van der Waals surface area contributed by atoms with Gasteiger partial charge in [-0.05, 0) is 31.3 Å². The number of hydrogen-bond acceptors (Lipinski definition) is 6. The summed E-state index contributed by atoms with van der Waals surface area (Å²) < 4.78 is 1.49. The fourth-order valence-corrected chi connectivity index (χ4v) is 2.57. The molecule has 3 heterocycles. The van der Waals surface area contributed by atoms with E-state index in [1.54, 1.807) is 0 Å². The highest BCUT2D eigenvalue weighted by atomic mass is 16.1. The minimum Gasteiger partial charge on any atom is -0.384 e. The van der Waals surface area contributed by atoms with E-state index in [0.717, 1.165) is 38.2 Å². The van der Waals surface area contributed by atoms with Crippen LogP contribution in [0.3, 0.4) is 0 Å². The molecule has 25 heavy (non-hydrogen) atoms. The van der Waals surface area contributed by atoms with E-state index in [4.69, 9.17) is 11.1 Å². The van der Waals surface area contributed by atoms with E-state index in [0.29, 0.717) is 5.65 Å². The van der Waals surface area contributed by atoms with Crippen LogP contribution in [-0.4, -0.2) is 70.7 Å². The lowest BCUT2D eigenvalue weighted by atomic mass is 10.3. The highest BCUT2D eigenvalue weighted by Crippen LogP contribution is 2.15. The Morgan fingerprint density at radius 2 is 2.08 bits per heavy atom. The van der Waals surface area contributed by atoms with E-state index in [9.17, 15) is 4.79 Å². The fraction of sp³-hybridized carbons (Fsp3) is 0.312. The Kier molecular flexibility index (Phi) is 4.85. The number of nitrogens with zero attached hydrogens (tertiary/aromatic N) is 6. The lowest BCUT2D eigenvalue weighted by Crippen LogP contribution is -2.45. The second-order valence-electron chi connectivity index (χ2n) is 5.76. The van der Waals surface area contributed by atoms with Crippen LogP contribution in [-0.2, 0) is 0 Å². The maximum absolute atomic E-state index is 12.3. The predicted octanol–water partition coefficient (Wildman–Crippen LogP) is 0.184. The summed E-state index contributed by atoms with van der Waals surface area (Å²) in [6.07, 6.45) is 5.28. The number of rotatable bonds is 4. The Labute approximate surface area is 145 Å². The van der Waals surface area contributed by atoms with Crippen LogP contribution in [0.25, 0.3) is 5.65 Å². The Bertz CT molecular complexity index is 845. The van der Waals surface area contributed by atoms with Crippen LogP contribution >= 0.6 is 0 Å². The average molecular weight is 340 g/mol. The van der Waals surface area contributed by atoms with Crippen molar-refractivity contribution >= 4 is 29.4 Å². The zero-order valence-corrected chi connectivity index (χ0v) is 14.0. The van der Waals surface area contributed by atoms with E-state index in [2.05, 4.69) is 31.9 Å². The van der Waals surface area contributed by atoms with Crippen molar-refractivity contribution in [3.05, 3.63) is 36.2 Å². The minimum atomic E-state index is -0.525. The van der Waals surface area contributed by atoms with Gasteiger partial charge in [0.15, 0.2) is 11.3 Å². The summed E-state index contributed by atoms with van der Waals surface area (Å²) in [6.45, 7) is 3.70. The van der Waals surface area contributed by atoms with Crippen LogP contribution in [0, 0.1) is 5.41 Å². The van der Waals surface area contributed by atoms with E-state index in [-0.39, 0.29) is 11.5 Å². The molecule has 0 aromatic carbocycles. The first-order valence-electron chi connectivity index (χ1n) is 7.92. The van der Waals surface area contributed by atoms with Crippen LogP contribution in [0.15, 0.2) is 35.5 Å². The number of likely N-dealkylation sites (N-methyl/N-ethyl adjacent to an activating group) is 1. The smallest absolute Gasteiger partial charge is 0.299 e. The van der Waals surface area contributed by atoms with Crippen molar-refractivity contribution < 1.29 is 4.79 Å². The molecule has 130 valence electrons. The van der Waals surface area contributed by atoms with Gasteiger partial charge in [0.1, 0.15) is 11.7 Å². The number of allylic oxidation sites excluding steroid dienone is 1. The van der Waals surface area contributed by atoms with Crippen molar-refractivity contribution in [2.24, 2.45) is 10.7 Å². The van der Waals surface area contributed by atoms with Gasteiger partial charge < -0.3 is 20.9 Å². The summed E-state index contributed by atoms with van der Waals surface area (Å²) in [5, 5.41) is 11.5. The maximum Gasteiger partial charge on any atom is 0.299 e. The molecule has 0 saturated carbocycles. The van der Waals surface area contributed by atoms with Gasteiger partial charge in [0.05, 0.1) is 6.20 Å².